The normalized spacial score (nSPS) is 10.3. The quantitative estimate of drug-likeness (QED) is 0.769. The molecule has 0 aliphatic rings. The molecule has 22 heavy (non-hydrogen) atoms. The Morgan fingerprint density at radius 2 is 1.86 bits per heavy atom. The number of aryl methyl sites for hydroxylation is 1. The van der Waals surface area contributed by atoms with E-state index < -0.39 is 5.97 Å². The summed E-state index contributed by atoms with van der Waals surface area (Å²) in [6.07, 6.45) is 5.26. The number of hydrogen-bond acceptors (Lipinski definition) is 4. The van der Waals surface area contributed by atoms with Crippen molar-refractivity contribution in [1.82, 2.24) is 20.3 Å². The average molecular weight is 306 g/mol. The summed E-state index contributed by atoms with van der Waals surface area (Å²) in [5, 5.41) is 19.7. The van der Waals surface area contributed by atoms with Crippen molar-refractivity contribution in [1.29, 1.82) is 0 Å². The number of fused-ring (bicyclic) bond motifs is 1. The summed E-state index contributed by atoms with van der Waals surface area (Å²) in [5.74, 6) is -0.980. The summed E-state index contributed by atoms with van der Waals surface area (Å²) in [6, 6.07) is 4.97. The van der Waals surface area contributed by atoms with Crippen LogP contribution < -0.4 is 5.32 Å². The molecule has 0 amide bonds. The molecule has 6 nitrogen and oxygen atoms in total. The van der Waals surface area contributed by atoms with Gasteiger partial charge in [0.2, 0.25) is 0 Å². The third-order valence-corrected chi connectivity index (χ3v) is 3.29. The van der Waals surface area contributed by atoms with Crippen LogP contribution in [0.4, 0.5) is 0 Å². The Morgan fingerprint density at radius 3 is 2.41 bits per heavy atom. The third-order valence-electron chi connectivity index (χ3n) is 3.29. The number of rotatable bonds is 7. The highest BCUT2D eigenvalue weighted by molar-refractivity contribution is 6.00. The lowest BCUT2D eigenvalue weighted by molar-refractivity contribution is 0.0699. The van der Waals surface area contributed by atoms with Gasteiger partial charge in [0.15, 0.2) is 0 Å². The van der Waals surface area contributed by atoms with Gasteiger partial charge in [-0.25, -0.2) is 9.48 Å². The highest BCUT2D eigenvalue weighted by Gasteiger charge is 2.11. The molecule has 0 spiro atoms. The van der Waals surface area contributed by atoms with E-state index in [-0.39, 0.29) is 5.56 Å². The number of aromatic carboxylic acids is 1. The maximum absolute atomic E-state index is 10.7. The molecule has 1 aromatic carbocycles. The van der Waals surface area contributed by atoms with Crippen molar-refractivity contribution in [2.24, 2.45) is 7.05 Å². The summed E-state index contributed by atoms with van der Waals surface area (Å²) >= 11 is 0. The van der Waals surface area contributed by atoms with E-state index in [0.29, 0.717) is 5.52 Å². The van der Waals surface area contributed by atoms with Gasteiger partial charge in [0.1, 0.15) is 5.52 Å². The van der Waals surface area contributed by atoms with Crippen molar-refractivity contribution in [3.63, 3.8) is 0 Å². The van der Waals surface area contributed by atoms with E-state index >= 15 is 0 Å². The van der Waals surface area contributed by atoms with Crippen LogP contribution in [0.15, 0.2) is 18.2 Å². The number of carboxylic acid groups (broad SMARTS) is 1. The Bertz CT molecular complexity index is 575. The predicted molar refractivity (Wildman–Crippen MR) is 88.2 cm³/mol. The van der Waals surface area contributed by atoms with Gasteiger partial charge in [-0.1, -0.05) is 38.0 Å². The van der Waals surface area contributed by atoms with Gasteiger partial charge in [-0.05, 0) is 38.1 Å². The molecule has 2 aromatic rings. The van der Waals surface area contributed by atoms with Gasteiger partial charge in [0.05, 0.1) is 11.1 Å². The molecule has 0 atom stereocenters. The van der Waals surface area contributed by atoms with E-state index in [1.165, 1.54) is 44.8 Å². The Hall–Kier alpha value is -1.95. The molecule has 0 aliphatic carbocycles. The molecule has 122 valence electrons. The van der Waals surface area contributed by atoms with Gasteiger partial charge in [-0.15, -0.1) is 5.10 Å². The number of carboxylic acids is 1. The Balaban J connectivity index is 0.000000239. The van der Waals surface area contributed by atoms with Gasteiger partial charge in [-0.2, -0.15) is 0 Å². The number of nitrogens with one attached hydrogen (secondary N) is 1. The second kappa shape index (κ2) is 9.89. The zero-order valence-electron chi connectivity index (χ0n) is 13.7. The van der Waals surface area contributed by atoms with E-state index in [0.717, 1.165) is 5.52 Å². The first-order valence-electron chi connectivity index (χ1n) is 7.84. The van der Waals surface area contributed by atoms with E-state index in [4.69, 9.17) is 5.11 Å². The van der Waals surface area contributed by atoms with Crippen LogP contribution in [0.3, 0.4) is 0 Å². The fourth-order valence-electron chi connectivity index (χ4n) is 1.96. The van der Waals surface area contributed by atoms with E-state index in [1.807, 2.05) is 0 Å². The summed E-state index contributed by atoms with van der Waals surface area (Å²) < 4.78 is 1.54. The van der Waals surface area contributed by atoms with Crippen LogP contribution in [-0.4, -0.2) is 39.2 Å². The number of unbranched alkanes of at least 4 members (excludes halogenated alkanes) is 2. The SMILES string of the molecule is CCCCNCCCC.Cn1nnc2c(C(=O)O)cccc21. The molecule has 0 saturated carbocycles. The second-order valence-corrected chi connectivity index (χ2v) is 5.15. The maximum Gasteiger partial charge on any atom is 0.338 e. The predicted octanol–water partition coefficient (Wildman–Crippen LogP) is 2.84. The zero-order chi connectivity index (χ0) is 16.4. The first-order valence-corrected chi connectivity index (χ1v) is 7.84. The van der Waals surface area contributed by atoms with E-state index in [1.54, 1.807) is 23.9 Å². The first-order chi connectivity index (χ1) is 10.6. The highest BCUT2D eigenvalue weighted by Crippen LogP contribution is 2.14. The van der Waals surface area contributed by atoms with Crippen LogP contribution in [0, 0.1) is 0 Å². The number of aromatic nitrogens is 3. The Labute approximate surface area is 131 Å². The summed E-state index contributed by atoms with van der Waals surface area (Å²) in [7, 11) is 1.72. The van der Waals surface area contributed by atoms with Gasteiger partial charge < -0.3 is 10.4 Å². The number of nitrogens with zero attached hydrogens (tertiary/aromatic N) is 3. The molecule has 2 rings (SSSR count). The zero-order valence-corrected chi connectivity index (χ0v) is 13.7. The minimum Gasteiger partial charge on any atom is -0.478 e. The van der Waals surface area contributed by atoms with Crippen molar-refractivity contribution in [3.8, 4) is 0 Å². The fourth-order valence-corrected chi connectivity index (χ4v) is 1.96. The van der Waals surface area contributed by atoms with Crippen LogP contribution in [0.2, 0.25) is 0 Å². The Morgan fingerprint density at radius 1 is 1.23 bits per heavy atom. The standard InChI is InChI=1S/C8H7N3O2.C8H19N/c1-11-6-4-2-3-5(8(12)13)7(6)9-10-11;1-3-5-7-9-8-6-4-2/h2-4H,1H3,(H,12,13);9H,3-8H2,1-2H3. The topological polar surface area (TPSA) is 80.0 Å². The molecule has 0 saturated heterocycles. The number of carbonyl (C=O) groups is 1. The van der Waals surface area contributed by atoms with Crippen molar-refractivity contribution < 1.29 is 9.90 Å². The monoisotopic (exact) mass is 306 g/mol. The summed E-state index contributed by atoms with van der Waals surface area (Å²) in [6.45, 7) is 6.86. The average Bonchev–Trinajstić information content (AvgIpc) is 2.89. The molecule has 1 aromatic heterocycles. The smallest absolute Gasteiger partial charge is 0.338 e. The van der Waals surface area contributed by atoms with Crippen LogP contribution in [0.25, 0.3) is 11.0 Å². The molecule has 2 N–H and O–H groups in total. The van der Waals surface area contributed by atoms with Gasteiger partial charge in [-0.3, -0.25) is 0 Å². The number of hydrogen-bond donors (Lipinski definition) is 2. The van der Waals surface area contributed by atoms with Crippen LogP contribution >= 0.6 is 0 Å². The Kier molecular flexibility index (Phi) is 8.14. The lowest BCUT2D eigenvalue weighted by atomic mass is 10.2. The first kappa shape index (κ1) is 18.1. The highest BCUT2D eigenvalue weighted by atomic mass is 16.4. The van der Waals surface area contributed by atoms with Crippen molar-refractivity contribution in [2.45, 2.75) is 39.5 Å². The molecule has 0 unspecified atom stereocenters. The maximum atomic E-state index is 10.7. The summed E-state index contributed by atoms with van der Waals surface area (Å²) in [5.41, 5.74) is 1.34. The lowest BCUT2D eigenvalue weighted by Crippen LogP contribution is -2.15. The van der Waals surface area contributed by atoms with E-state index in [9.17, 15) is 4.79 Å². The molecule has 1 heterocycles. The van der Waals surface area contributed by atoms with Crippen molar-refractivity contribution >= 4 is 17.0 Å². The molecule has 0 fully saturated rings. The molecule has 0 aliphatic heterocycles. The van der Waals surface area contributed by atoms with Crippen LogP contribution in [0.5, 0.6) is 0 Å². The van der Waals surface area contributed by atoms with Crippen molar-refractivity contribution in [2.75, 3.05) is 13.1 Å². The summed E-state index contributed by atoms with van der Waals surface area (Å²) in [4.78, 5) is 10.7. The molecule has 0 bridgehead atoms. The van der Waals surface area contributed by atoms with Crippen molar-refractivity contribution in [3.05, 3.63) is 23.8 Å². The molecule has 6 heteroatoms. The van der Waals surface area contributed by atoms with Crippen LogP contribution in [0.1, 0.15) is 49.9 Å². The largest absolute Gasteiger partial charge is 0.478 e. The lowest BCUT2D eigenvalue weighted by Gasteiger charge is -1.99. The van der Waals surface area contributed by atoms with E-state index in [2.05, 4.69) is 29.5 Å². The third kappa shape index (κ3) is 5.44. The van der Waals surface area contributed by atoms with Gasteiger partial charge in [0.25, 0.3) is 0 Å². The molecular formula is C16H26N4O2. The fraction of sp³-hybridized carbons (Fsp3) is 0.562. The van der Waals surface area contributed by atoms with Crippen LogP contribution in [-0.2, 0) is 7.05 Å². The van der Waals surface area contributed by atoms with Gasteiger partial charge >= 0.3 is 5.97 Å². The number of benzene rings is 1. The minimum absolute atomic E-state index is 0.186. The van der Waals surface area contributed by atoms with Gasteiger partial charge in [0, 0.05) is 7.05 Å². The molecule has 0 radical (unpaired) electrons. The second-order valence-electron chi connectivity index (χ2n) is 5.15. The molecular weight excluding hydrogens is 280 g/mol. The minimum atomic E-state index is -0.980.